The summed E-state index contributed by atoms with van der Waals surface area (Å²) in [4.78, 5) is 25.3. The summed E-state index contributed by atoms with van der Waals surface area (Å²) in [5.74, 6) is -0.0843. The Morgan fingerprint density at radius 3 is 2.00 bits per heavy atom. The number of anilines is 2. The number of methoxy groups -OCH3 is 1. The number of hydrogen-bond acceptors (Lipinski definition) is 4. The molecular formula is C27H28BrN3O3S. The van der Waals surface area contributed by atoms with E-state index in [0.717, 1.165) is 10.0 Å². The largest absolute Gasteiger partial charge is 0.496 e. The van der Waals surface area contributed by atoms with Gasteiger partial charge in [-0.3, -0.25) is 14.9 Å². The van der Waals surface area contributed by atoms with Crippen LogP contribution in [-0.4, -0.2) is 24.0 Å². The predicted molar refractivity (Wildman–Crippen MR) is 149 cm³/mol. The van der Waals surface area contributed by atoms with Crippen molar-refractivity contribution in [2.45, 2.75) is 33.1 Å². The van der Waals surface area contributed by atoms with E-state index >= 15 is 0 Å². The average molecular weight is 555 g/mol. The van der Waals surface area contributed by atoms with Crippen molar-refractivity contribution < 1.29 is 14.3 Å². The molecule has 3 aromatic carbocycles. The molecule has 0 fully saturated rings. The van der Waals surface area contributed by atoms with E-state index in [1.165, 1.54) is 12.7 Å². The van der Waals surface area contributed by atoms with Gasteiger partial charge < -0.3 is 15.4 Å². The molecule has 0 radical (unpaired) electrons. The van der Waals surface area contributed by atoms with Gasteiger partial charge in [-0.25, -0.2) is 0 Å². The van der Waals surface area contributed by atoms with Gasteiger partial charge in [-0.1, -0.05) is 48.8 Å². The van der Waals surface area contributed by atoms with Gasteiger partial charge >= 0.3 is 0 Å². The van der Waals surface area contributed by atoms with Crippen LogP contribution in [0, 0.1) is 6.92 Å². The molecule has 3 N–H and O–H groups in total. The number of thiocarbonyl (C=S) groups is 1. The Morgan fingerprint density at radius 2 is 1.46 bits per heavy atom. The van der Waals surface area contributed by atoms with Crippen LogP contribution in [0.1, 0.15) is 52.6 Å². The number of benzene rings is 3. The van der Waals surface area contributed by atoms with Gasteiger partial charge in [0.2, 0.25) is 0 Å². The summed E-state index contributed by atoms with van der Waals surface area (Å²) in [6.07, 6.45) is 0. The first-order valence-electron chi connectivity index (χ1n) is 11.0. The maximum atomic E-state index is 12.7. The topological polar surface area (TPSA) is 79.5 Å². The zero-order valence-electron chi connectivity index (χ0n) is 20.3. The van der Waals surface area contributed by atoms with Crippen molar-refractivity contribution in [1.82, 2.24) is 5.32 Å². The highest BCUT2D eigenvalue weighted by molar-refractivity contribution is 9.10. The summed E-state index contributed by atoms with van der Waals surface area (Å²) in [5, 5.41) is 8.67. The molecule has 8 heteroatoms. The van der Waals surface area contributed by atoms with Crippen LogP contribution in [0.3, 0.4) is 0 Å². The Kier molecular flexibility index (Phi) is 8.30. The maximum Gasteiger partial charge on any atom is 0.261 e. The summed E-state index contributed by atoms with van der Waals surface area (Å²) < 4.78 is 6.14. The number of ether oxygens (including phenoxy) is 1. The van der Waals surface area contributed by atoms with E-state index in [4.69, 9.17) is 17.0 Å². The van der Waals surface area contributed by atoms with Crippen LogP contribution in [0.4, 0.5) is 11.4 Å². The third-order valence-corrected chi connectivity index (χ3v) is 5.99. The highest BCUT2D eigenvalue weighted by atomic mass is 79.9. The molecule has 35 heavy (non-hydrogen) atoms. The van der Waals surface area contributed by atoms with Crippen LogP contribution in [0.15, 0.2) is 65.1 Å². The van der Waals surface area contributed by atoms with Crippen LogP contribution in [0.25, 0.3) is 0 Å². The van der Waals surface area contributed by atoms with E-state index in [2.05, 4.69) is 52.7 Å². The molecule has 0 aromatic heterocycles. The van der Waals surface area contributed by atoms with Crippen molar-refractivity contribution in [2.75, 3.05) is 17.7 Å². The summed E-state index contributed by atoms with van der Waals surface area (Å²) in [6, 6.07) is 18.2. The molecule has 0 saturated carbocycles. The molecule has 3 rings (SSSR count). The minimum absolute atomic E-state index is 0.0286. The van der Waals surface area contributed by atoms with E-state index < -0.39 is 0 Å². The average Bonchev–Trinajstić information content (AvgIpc) is 2.79. The molecule has 0 unspecified atom stereocenters. The second-order valence-electron chi connectivity index (χ2n) is 9.07. The third kappa shape index (κ3) is 6.90. The second kappa shape index (κ2) is 11.0. The first-order valence-corrected chi connectivity index (χ1v) is 12.2. The minimum Gasteiger partial charge on any atom is -0.496 e. The van der Waals surface area contributed by atoms with E-state index in [1.54, 1.807) is 30.3 Å². The molecule has 6 nitrogen and oxygen atoms in total. The van der Waals surface area contributed by atoms with Crippen LogP contribution in [0.2, 0.25) is 0 Å². The van der Waals surface area contributed by atoms with Gasteiger partial charge in [-0.05, 0) is 84.2 Å². The molecule has 0 atom stereocenters. The fraction of sp³-hybridized carbons (Fsp3) is 0.222. The number of carbonyl (C=O) groups is 2. The molecular weight excluding hydrogens is 526 g/mol. The lowest BCUT2D eigenvalue weighted by atomic mass is 9.87. The minimum atomic E-state index is -0.384. The lowest BCUT2D eigenvalue weighted by Gasteiger charge is -2.19. The molecule has 182 valence electrons. The molecule has 0 aliphatic heterocycles. The lowest BCUT2D eigenvalue weighted by Crippen LogP contribution is -2.34. The number of halogens is 1. The van der Waals surface area contributed by atoms with Gasteiger partial charge in [0.05, 0.1) is 12.7 Å². The zero-order chi connectivity index (χ0) is 25.8. The number of hydrogen-bond donors (Lipinski definition) is 3. The standard InChI is InChI=1S/C27H28BrN3O3S/c1-16-14-19(28)15-22(23(16)34-5)25(33)31-26(35)30-21-12-10-20(11-13-21)29-24(32)17-6-8-18(9-7-17)27(2,3)4/h6-15H,1-5H3,(H,29,32)(H2,30,31,33,35). The predicted octanol–water partition coefficient (Wildman–Crippen LogP) is 6.44. The molecule has 0 saturated heterocycles. The Labute approximate surface area is 219 Å². The highest BCUT2D eigenvalue weighted by Gasteiger charge is 2.17. The Hall–Kier alpha value is -3.23. The van der Waals surface area contributed by atoms with Gasteiger partial charge in [0.25, 0.3) is 11.8 Å². The fourth-order valence-corrected chi connectivity index (χ4v) is 4.25. The van der Waals surface area contributed by atoms with Crippen molar-refractivity contribution in [2.24, 2.45) is 0 Å². The van der Waals surface area contributed by atoms with Crippen molar-refractivity contribution in [3.05, 3.63) is 87.4 Å². The van der Waals surface area contributed by atoms with Crippen molar-refractivity contribution in [3.63, 3.8) is 0 Å². The van der Waals surface area contributed by atoms with Crippen molar-refractivity contribution >= 4 is 56.4 Å². The highest BCUT2D eigenvalue weighted by Crippen LogP contribution is 2.28. The van der Waals surface area contributed by atoms with Crippen molar-refractivity contribution in [1.29, 1.82) is 0 Å². The normalized spacial score (nSPS) is 10.9. The third-order valence-electron chi connectivity index (χ3n) is 5.33. The summed E-state index contributed by atoms with van der Waals surface area (Å²) >= 11 is 8.70. The maximum absolute atomic E-state index is 12.7. The second-order valence-corrected chi connectivity index (χ2v) is 10.4. The van der Waals surface area contributed by atoms with Crippen LogP contribution >= 0.6 is 28.1 Å². The smallest absolute Gasteiger partial charge is 0.261 e. The molecule has 2 amide bonds. The van der Waals surface area contributed by atoms with E-state index in [-0.39, 0.29) is 22.3 Å². The molecule has 0 spiro atoms. The SMILES string of the molecule is COc1c(C)cc(Br)cc1C(=O)NC(=S)Nc1ccc(NC(=O)c2ccc(C(C)(C)C)cc2)cc1. The van der Waals surface area contributed by atoms with Crippen molar-refractivity contribution in [3.8, 4) is 5.75 Å². The summed E-state index contributed by atoms with van der Waals surface area (Å²) in [7, 11) is 1.52. The van der Waals surface area contributed by atoms with Crippen LogP contribution in [0.5, 0.6) is 5.75 Å². The van der Waals surface area contributed by atoms with E-state index in [0.29, 0.717) is 28.3 Å². The Bertz CT molecular complexity index is 1250. The number of carbonyl (C=O) groups excluding carboxylic acids is 2. The molecule has 3 aromatic rings. The quantitative estimate of drug-likeness (QED) is 0.316. The molecule has 0 aliphatic rings. The molecule has 0 aliphatic carbocycles. The zero-order valence-corrected chi connectivity index (χ0v) is 22.7. The molecule has 0 bridgehead atoms. The monoisotopic (exact) mass is 553 g/mol. The summed E-state index contributed by atoms with van der Waals surface area (Å²) in [5.41, 5.74) is 4.29. The lowest BCUT2D eigenvalue weighted by molar-refractivity contribution is 0.0973. The first kappa shape index (κ1) is 26.4. The number of nitrogens with one attached hydrogen (secondary N) is 3. The van der Waals surface area contributed by atoms with Gasteiger partial charge in [-0.2, -0.15) is 0 Å². The fourth-order valence-electron chi connectivity index (χ4n) is 3.46. The van der Waals surface area contributed by atoms with Crippen LogP contribution in [-0.2, 0) is 5.41 Å². The Balaban J connectivity index is 1.60. The van der Waals surface area contributed by atoms with Crippen LogP contribution < -0.4 is 20.7 Å². The van der Waals surface area contributed by atoms with E-state index in [9.17, 15) is 9.59 Å². The number of rotatable bonds is 5. The molecule has 0 heterocycles. The van der Waals surface area contributed by atoms with Gasteiger partial charge in [0, 0.05) is 21.4 Å². The van der Waals surface area contributed by atoms with E-state index in [1.807, 2.05) is 37.3 Å². The van der Waals surface area contributed by atoms with Gasteiger partial charge in [-0.15, -0.1) is 0 Å². The first-order chi connectivity index (χ1) is 16.5. The number of amides is 2. The van der Waals surface area contributed by atoms with Gasteiger partial charge in [0.1, 0.15) is 5.75 Å². The Morgan fingerprint density at radius 1 is 0.886 bits per heavy atom. The summed E-state index contributed by atoms with van der Waals surface area (Å²) in [6.45, 7) is 8.26. The number of aryl methyl sites for hydroxylation is 1. The van der Waals surface area contributed by atoms with Gasteiger partial charge in [0.15, 0.2) is 5.11 Å².